The standard InChI is InChI=1S/C25H23N5O2/c1-17-14-30(16-26-17)23-11-8-19(13-24(23)32-3)27-21-5-4-12-29-15-22(28-25(21)29)18-6-9-20(31-2)10-7-18/h4-16,27H,1-3H3. The second kappa shape index (κ2) is 8.11. The number of rotatable bonds is 6. The van der Waals surface area contributed by atoms with Crippen LogP contribution in [0.2, 0.25) is 0 Å². The van der Waals surface area contributed by atoms with Crippen LogP contribution in [0.25, 0.3) is 22.6 Å². The number of nitrogens with zero attached hydrogens (tertiary/aromatic N) is 4. The number of hydrogen-bond donors (Lipinski definition) is 1. The van der Waals surface area contributed by atoms with Crippen molar-refractivity contribution in [3.8, 4) is 28.4 Å². The summed E-state index contributed by atoms with van der Waals surface area (Å²) in [7, 11) is 3.33. The van der Waals surface area contributed by atoms with Crippen molar-refractivity contribution in [2.45, 2.75) is 6.92 Å². The number of anilines is 2. The SMILES string of the molecule is COc1ccc(-c2cn3cccc(Nc4ccc(-n5cnc(C)c5)c(OC)c4)c3n2)cc1. The molecule has 0 saturated heterocycles. The molecule has 0 unspecified atom stereocenters. The van der Waals surface area contributed by atoms with Gasteiger partial charge in [-0.05, 0) is 55.5 Å². The molecular weight excluding hydrogens is 402 g/mol. The van der Waals surface area contributed by atoms with Crippen LogP contribution < -0.4 is 14.8 Å². The van der Waals surface area contributed by atoms with Crippen LogP contribution in [0.1, 0.15) is 5.69 Å². The molecule has 0 radical (unpaired) electrons. The van der Waals surface area contributed by atoms with Gasteiger partial charge in [0.05, 0.1) is 43.3 Å². The van der Waals surface area contributed by atoms with Crippen molar-refractivity contribution >= 4 is 17.0 Å². The number of pyridine rings is 1. The van der Waals surface area contributed by atoms with E-state index in [-0.39, 0.29) is 0 Å². The lowest BCUT2D eigenvalue weighted by molar-refractivity contribution is 0.413. The fourth-order valence-electron chi connectivity index (χ4n) is 3.69. The van der Waals surface area contributed by atoms with Crippen molar-refractivity contribution in [3.05, 3.63) is 85.2 Å². The second-order valence-electron chi connectivity index (χ2n) is 7.44. The van der Waals surface area contributed by atoms with Crippen molar-refractivity contribution in [1.82, 2.24) is 18.9 Å². The smallest absolute Gasteiger partial charge is 0.161 e. The van der Waals surface area contributed by atoms with Crippen LogP contribution in [-0.4, -0.2) is 33.2 Å². The van der Waals surface area contributed by atoms with Gasteiger partial charge in [-0.1, -0.05) is 0 Å². The molecule has 0 spiro atoms. The van der Waals surface area contributed by atoms with Gasteiger partial charge in [0.2, 0.25) is 0 Å². The minimum absolute atomic E-state index is 0.751. The van der Waals surface area contributed by atoms with E-state index in [1.165, 1.54) is 0 Å². The summed E-state index contributed by atoms with van der Waals surface area (Å²) in [6, 6.07) is 17.9. The zero-order valence-corrected chi connectivity index (χ0v) is 18.1. The average molecular weight is 425 g/mol. The van der Waals surface area contributed by atoms with E-state index in [1.807, 2.05) is 89.1 Å². The minimum Gasteiger partial charge on any atom is -0.497 e. The van der Waals surface area contributed by atoms with E-state index in [4.69, 9.17) is 14.5 Å². The summed E-state index contributed by atoms with van der Waals surface area (Å²) in [5.41, 5.74) is 6.46. The Labute approximate surface area is 185 Å². The molecular formula is C25H23N5O2. The van der Waals surface area contributed by atoms with Crippen LogP contribution in [0.4, 0.5) is 11.4 Å². The molecule has 0 saturated carbocycles. The quantitative estimate of drug-likeness (QED) is 0.402. The predicted molar refractivity (Wildman–Crippen MR) is 125 cm³/mol. The monoisotopic (exact) mass is 425 g/mol. The number of methoxy groups -OCH3 is 2. The molecule has 0 atom stereocenters. The molecule has 3 heterocycles. The molecule has 160 valence electrons. The van der Waals surface area contributed by atoms with Gasteiger partial charge < -0.3 is 23.8 Å². The molecule has 0 aliphatic carbocycles. The van der Waals surface area contributed by atoms with Gasteiger partial charge in [0.15, 0.2) is 5.65 Å². The first kappa shape index (κ1) is 19.7. The summed E-state index contributed by atoms with van der Waals surface area (Å²) in [5, 5.41) is 3.48. The number of aryl methyl sites for hydroxylation is 1. The van der Waals surface area contributed by atoms with E-state index in [2.05, 4.69) is 10.3 Å². The van der Waals surface area contributed by atoms with Gasteiger partial charge in [-0.15, -0.1) is 0 Å². The lowest BCUT2D eigenvalue weighted by Crippen LogP contribution is -1.99. The third-order valence-corrected chi connectivity index (χ3v) is 5.32. The van der Waals surface area contributed by atoms with Crippen LogP contribution >= 0.6 is 0 Å². The molecule has 2 aromatic carbocycles. The third-order valence-electron chi connectivity index (χ3n) is 5.32. The largest absolute Gasteiger partial charge is 0.497 e. The van der Waals surface area contributed by atoms with Crippen LogP contribution in [0.15, 0.2) is 79.5 Å². The Morgan fingerprint density at radius 1 is 0.938 bits per heavy atom. The zero-order chi connectivity index (χ0) is 22.1. The molecule has 1 N–H and O–H groups in total. The van der Waals surface area contributed by atoms with E-state index in [0.717, 1.165) is 51.2 Å². The number of benzene rings is 2. The Balaban J connectivity index is 1.48. The summed E-state index contributed by atoms with van der Waals surface area (Å²) in [5.74, 6) is 1.57. The zero-order valence-electron chi connectivity index (χ0n) is 18.1. The van der Waals surface area contributed by atoms with E-state index in [9.17, 15) is 0 Å². The summed E-state index contributed by atoms with van der Waals surface area (Å²) in [6.07, 6.45) is 7.77. The molecule has 7 nitrogen and oxygen atoms in total. The molecule has 5 aromatic rings. The number of fused-ring (bicyclic) bond motifs is 1. The summed E-state index contributed by atoms with van der Waals surface area (Å²) < 4.78 is 14.9. The van der Waals surface area contributed by atoms with Crippen LogP contribution in [0, 0.1) is 6.92 Å². The Hall–Kier alpha value is -4.26. The molecule has 0 aliphatic rings. The lowest BCUT2D eigenvalue weighted by atomic mass is 10.2. The fourth-order valence-corrected chi connectivity index (χ4v) is 3.69. The summed E-state index contributed by atoms with van der Waals surface area (Å²) in [4.78, 5) is 9.16. The first-order valence-electron chi connectivity index (χ1n) is 10.2. The van der Waals surface area contributed by atoms with Gasteiger partial charge in [0, 0.05) is 35.9 Å². The van der Waals surface area contributed by atoms with Gasteiger partial charge >= 0.3 is 0 Å². The maximum atomic E-state index is 5.64. The van der Waals surface area contributed by atoms with E-state index in [0.29, 0.717) is 0 Å². The Morgan fingerprint density at radius 3 is 2.50 bits per heavy atom. The number of aromatic nitrogens is 4. The minimum atomic E-state index is 0.751. The Bertz CT molecular complexity index is 1390. The fraction of sp³-hybridized carbons (Fsp3) is 0.120. The molecule has 0 amide bonds. The first-order valence-corrected chi connectivity index (χ1v) is 10.2. The molecule has 3 aromatic heterocycles. The maximum absolute atomic E-state index is 5.64. The van der Waals surface area contributed by atoms with Gasteiger partial charge in [-0.25, -0.2) is 9.97 Å². The van der Waals surface area contributed by atoms with Gasteiger partial charge in [0.1, 0.15) is 11.5 Å². The van der Waals surface area contributed by atoms with E-state index < -0.39 is 0 Å². The Morgan fingerprint density at radius 2 is 1.78 bits per heavy atom. The molecule has 0 aliphatic heterocycles. The highest BCUT2D eigenvalue weighted by atomic mass is 16.5. The van der Waals surface area contributed by atoms with Gasteiger partial charge in [-0.3, -0.25) is 0 Å². The molecule has 7 heteroatoms. The predicted octanol–water partition coefficient (Wildman–Crippen LogP) is 5.26. The van der Waals surface area contributed by atoms with Crippen molar-refractivity contribution in [1.29, 1.82) is 0 Å². The van der Waals surface area contributed by atoms with Crippen molar-refractivity contribution in [2.75, 3.05) is 19.5 Å². The van der Waals surface area contributed by atoms with Crippen LogP contribution in [0.5, 0.6) is 11.5 Å². The molecule has 0 fully saturated rings. The maximum Gasteiger partial charge on any atom is 0.161 e. The van der Waals surface area contributed by atoms with Crippen LogP contribution in [0.3, 0.4) is 0 Å². The molecule has 0 bridgehead atoms. The molecule has 5 rings (SSSR count). The highest BCUT2D eigenvalue weighted by molar-refractivity contribution is 5.77. The third kappa shape index (κ3) is 3.65. The van der Waals surface area contributed by atoms with Gasteiger partial charge in [-0.2, -0.15) is 0 Å². The van der Waals surface area contributed by atoms with Crippen molar-refractivity contribution in [3.63, 3.8) is 0 Å². The number of hydrogen-bond acceptors (Lipinski definition) is 5. The number of nitrogens with one attached hydrogen (secondary N) is 1. The highest BCUT2D eigenvalue weighted by Crippen LogP contribution is 2.31. The number of imidazole rings is 2. The summed E-state index contributed by atoms with van der Waals surface area (Å²) in [6.45, 7) is 1.96. The first-order chi connectivity index (χ1) is 15.6. The summed E-state index contributed by atoms with van der Waals surface area (Å²) >= 11 is 0. The van der Waals surface area contributed by atoms with E-state index in [1.54, 1.807) is 20.5 Å². The molecule has 32 heavy (non-hydrogen) atoms. The van der Waals surface area contributed by atoms with Crippen LogP contribution in [-0.2, 0) is 0 Å². The average Bonchev–Trinajstić information content (AvgIpc) is 3.46. The lowest BCUT2D eigenvalue weighted by Gasteiger charge is -2.13. The topological polar surface area (TPSA) is 65.6 Å². The second-order valence-corrected chi connectivity index (χ2v) is 7.44. The van der Waals surface area contributed by atoms with Crippen molar-refractivity contribution in [2.24, 2.45) is 0 Å². The normalized spacial score (nSPS) is 11.0. The Kier molecular flexibility index (Phi) is 4.99. The number of ether oxygens (including phenoxy) is 2. The van der Waals surface area contributed by atoms with Crippen molar-refractivity contribution < 1.29 is 9.47 Å². The van der Waals surface area contributed by atoms with E-state index >= 15 is 0 Å². The van der Waals surface area contributed by atoms with Gasteiger partial charge in [0.25, 0.3) is 0 Å². The highest BCUT2D eigenvalue weighted by Gasteiger charge is 2.11.